The number of pyridine rings is 1. The van der Waals surface area contributed by atoms with E-state index >= 15 is 4.39 Å². The molecule has 50 heavy (non-hydrogen) atoms. The van der Waals surface area contributed by atoms with Crippen LogP contribution in [0.2, 0.25) is 0 Å². The number of aliphatic carboxylic acids is 1. The van der Waals surface area contributed by atoms with Gasteiger partial charge in [0.05, 0.1) is 22.3 Å². The Balaban J connectivity index is 1.48. The van der Waals surface area contributed by atoms with E-state index in [1.807, 2.05) is 38.1 Å². The van der Waals surface area contributed by atoms with Crippen molar-refractivity contribution in [1.29, 1.82) is 0 Å². The molecule has 5 aromatic rings. The van der Waals surface area contributed by atoms with Crippen LogP contribution in [0.25, 0.3) is 22.4 Å². The summed E-state index contributed by atoms with van der Waals surface area (Å²) in [6.07, 6.45) is 5.59. The number of carboxylic acids is 1. The van der Waals surface area contributed by atoms with Gasteiger partial charge >= 0.3 is 5.97 Å². The Hall–Kier alpha value is -4.58. The van der Waals surface area contributed by atoms with Crippen molar-refractivity contribution in [2.45, 2.75) is 72.1 Å². The Kier molecular flexibility index (Phi) is 9.13. The van der Waals surface area contributed by atoms with Gasteiger partial charge in [-0.3, -0.25) is 9.78 Å². The number of aromatic amines is 1. The van der Waals surface area contributed by atoms with Crippen LogP contribution in [0.15, 0.2) is 60.9 Å². The molecule has 264 valence electrons. The molecule has 6 rings (SSSR count). The second-order valence-corrected chi connectivity index (χ2v) is 17.4. The van der Waals surface area contributed by atoms with Gasteiger partial charge in [-0.05, 0) is 75.1 Å². The molecule has 0 unspecified atom stereocenters. The summed E-state index contributed by atoms with van der Waals surface area (Å²) in [7, 11) is -1.76. The number of H-pyrrole nitrogens is 1. The van der Waals surface area contributed by atoms with E-state index < -0.39 is 37.9 Å². The first-order chi connectivity index (χ1) is 23.5. The first-order valence-electron chi connectivity index (χ1n) is 16.8. The summed E-state index contributed by atoms with van der Waals surface area (Å²) in [5.74, 6) is -0.332. The molecule has 12 heteroatoms. The quantitative estimate of drug-likeness (QED) is 0.197. The Morgan fingerprint density at radius 3 is 2.66 bits per heavy atom. The molecule has 2 N–H and O–H groups in total. The average Bonchev–Trinajstić information content (AvgIpc) is 3.66. The number of ether oxygens (including phenoxy) is 1. The van der Waals surface area contributed by atoms with Crippen LogP contribution in [0.3, 0.4) is 0 Å². The Labute approximate surface area is 292 Å². The van der Waals surface area contributed by atoms with Gasteiger partial charge in [0.15, 0.2) is 33.1 Å². The number of carboxylic acid groups (broad SMARTS) is 1. The van der Waals surface area contributed by atoms with Crippen LogP contribution < -0.4 is 4.74 Å². The normalized spacial score (nSPS) is 19.6. The lowest BCUT2D eigenvalue weighted by Gasteiger charge is -2.31. The number of nitrogens with one attached hydrogen (secondary N) is 1. The van der Waals surface area contributed by atoms with Gasteiger partial charge in [-0.1, -0.05) is 44.5 Å². The molecule has 10 nitrogen and oxygen atoms in total. The van der Waals surface area contributed by atoms with Gasteiger partial charge in [0.25, 0.3) is 0 Å². The number of halogens is 1. The second kappa shape index (κ2) is 12.9. The molecule has 3 aromatic heterocycles. The van der Waals surface area contributed by atoms with Crippen molar-refractivity contribution in [3.8, 4) is 23.0 Å². The smallest absolute Gasteiger partial charge is 0.309 e. The van der Waals surface area contributed by atoms with Crippen molar-refractivity contribution in [2.75, 3.05) is 11.5 Å². The first kappa shape index (κ1) is 35.3. The van der Waals surface area contributed by atoms with Crippen LogP contribution in [0.1, 0.15) is 76.4 Å². The zero-order chi connectivity index (χ0) is 36.1. The fraction of sp³-hybridized carbons (Fsp3) is 0.421. The topological polar surface area (TPSA) is 140 Å². The average molecular weight is 702 g/mol. The van der Waals surface area contributed by atoms with Crippen molar-refractivity contribution in [1.82, 2.24) is 24.7 Å². The number of carbonyl (C=O) groups is 1. The maximum absolute atomic E-state index is 15.7. The summed E-state index contributed by atoms with van der Waals surface area (Å²) >= 11 is 0. The maximum atomic E-state index is 15.7. The number of hydrogen-bond donors (Lipinski definition) is 2. The zero-order valence-corrected chi connectivity index (χ0v) is 30.2. The minimum atomic E-state index is -3.56. The molecule has 1 aliphatic heterocycles. The van der Waals surface area contributed by atoms with E-state index in [-0.39, 0.29) is 23.7 Å². The standard InChI is InChI=1S/C38H44FN5O5S/c1-36(2)14-8-15-38(5,25-10-7-9-24(19-25)22-37(3,4)35(45)46)34-42-33(44(6)43-34)31-20-26(11-16-41-31)49-32-28(13-18-50(47,48)23-36)27-12-17-40-30(27)21-29(32)39/h7,9-12,16-17,19-21,40H,8,13-15,18,22-23H2,1-6H3,(H,45,46)/t38-/m1/s1. The lowest BCUT2D eigenvalue weighted by atomic mass is 9.74. The third kappa shape index (κ3) is 7.17. The molecule has 0 saturated heterocycles. The zero-order valence-electron chi connectivity index (χ0n) is 29.4. The van der Waals surface area contributed by atoms with E-state index in [4.69, 9.17) is 14.8 Å². The Morgan fingerprint density at radius 1 is 1.12 bits per heavy atom. The molecule has 1 aliphatic rings. The fourth-order valence-corrected chi connectivity index (χ4v) is 9.05. The lowest BCUT2D eigenvalue weighted by Crippen LogP contribution is -2.30. The van der Waals surface area contributed by atoms with Crippen LogP contribution in [-0.2, 0) is 39.9 Å². The monoisotopic (exact) mass is 701 g/mol. The van der Waals surface area contributed by atoms with E-state index in [9.17, 15) is 18.3 Å². The van der Waals surface area contributed by atoms with E-state index in [0.717, 1.165) is 11.1 Å². The second-order valence-electron chi connectivity index (χ2n) is 15.2. The highest BCUT2D eigenvalue weighted by Gasteiger charge is 2.37. The molecule has 0 spiro atoms. The SMILES string of the molecule is Cn1nc2nc1-c1cc(ccn1)Oc1c(F)cc3[nH]ccc3c1CCS(=O)(=O)CC(C)(C)CCC[C@]2(C)c1cccc(CC(C)(C)C(=O)O)c1. The minimum Gasteiger partial charge on any atom is -0.481 e. The van der Waals surface area contributed by atoms with E-state index in [2.05, 4.69) is 16.9 Å². The summed E-state index contributed by atoms with van der Waals surface area (Å²) in [6.45, 7) is 9.42. The molecular weight excluding hydrogens is 658 g/mol. The molecule has 0 fully saturated rings. The van der Waals surface area contributed by atoms with Gasteiger partial charge in [-0.15, -0.1) is 0 Å². The number of sulfone groups is 1. The molecule has 0 radical (unpaired) electrons. The van der Waals surface area contributed by atoms with Gasteiger partial charge in [-0.2, -0.15) is 5.10 Å². The van der Waals surface area contributed by atoms with Gasteiger partial charge < -0.3 is 14.8 Å². The highest BCUT2D eigenvalue weighted by Crippen LogP contribution is 2.40. The van der Waals surface area contributed by atoms with Gasteiger partial charge in [0, 0.05) is 48.0 Å². The predicted octanol–water partition coefficient (Wildman–Crippen LogP) is 7.42. The maximum Gasteiger partial charge on any atom is 0.309 e. The highest BCUT2D eigenvalue weighted by atomic mass is 32.2. The van der Waals surface area contributed by atoms with Gasteiger partial charge in [-0.25, -0.2) is 22.5 Å². The van der Waals surface area contributed by atoms with Crippen molar-refractivity contribution >= 4 is 26.7 Å². The summed E-state index contributed by atoms with van der Waals surface area (Å²) in [4.78, 5) is 24.6. The molecule has 4 bridgehead atoms. The number of hydrogen-bond acceptors (Lipinski definition) is 7. The number of aryl methyl sites for hydroxylation is 2. The molecule has 4 heterocycles. The van der Waals surface area contributed by atoms with Gasteiger partial charge in [0.2, 0.25) is 0 Å². The van der Waals surface area contributed by atoms with E-state index in [0.29, 0.717) is 65.2 Å². The van der Waals surface area contributed by atoms with Crippen LogP contribution in [0, 0.1) is 16.6 Å². The van der Waals surface area contributed by atoms with Crippen LogP contribution in [0.5, 0.6) is 11.5 Å². The molecule has 0 saturated carbocycles. The largest absolute Gasteiger partial charge is 0.481 e. The van der Waals surface area contributed by atoms with Gasteiger partial charge in [0.1, 0.15) is 11.4 Å². The van der Waals surface area contributed by atoms with Crippen LogP contribution >= 0.6 is 0 Å². The lowest BCUT2D eigenvalue weighted by molar-refractivity contribution is -0.146. The number of benzene rings is 2. The predicted molar refractivity (Wildman–Crippen MR) is 191 cm³/mol. The van der Waals surface area contributed by atoms with Crippen LogP contribution in [-0.4, -0.2) is 55.7 Å². The molecular formula is C38H44FN5O5S. The molecule has 0 amide bonds. The molecule has 0 aliphatic carbocycles. The first-order valence-corrected chi connectivity index (χ1v) is 18.7. The van der Waals surface area contributed by atoms with Crippen molar-refractivity contribution in [3.05, 3.63) is 89.3 Å². The number of aromatic nitrogens is 5. The fourth-order valence-electron chi connectivity index (χ4n) is 7.05. The number of fused-ring (bicyclic) bond motifs is 8. The van der Waals surface area contributed by atoms with Crippen molar-refractivity contribution in [3.63, 3.8) is 0 Å². The van der Waals surface area contributed by atoms with Crippen molar-refractivity contribution in [2.24, 2.45) is 17.9 Å². The van der Waals surface area contributed by atoms with E-state index in [1.165, 1.54) is 6.07 Å². The summed E-state index contributed by atoms with van der Waals surface area (Å²) in [6, 6.07) is 14.4. The van der Waals surface area contributed by atoms with E-state index in [1.54, 1.807) is 56.2 Å². The third-order valence-electron chi connectivity index (χ3n) is 9.90. The number of rotatable bonds is 4. The summed E-state index contributed by atoms with van der Waals surface area (Å²) < 4.78 is 50.8. The number of nitrogens with zero attached hydrogens (tertiary/aromatic N) is 4. The molecule has 1 atom stereocenters. The van der Waals surface area contributed by atoms with Crippen LogP contribution in [0.4, 0.5) is 4.39 Å². The Morgan fingerprint density at radius 2 is 1.90 bits per heavy atom. The summed E-state index contributed by atoms with van der Waals surface area (Å²) in [5.41, 5.74) is 1.11. The minimum absolute atomic E-state index is 0.0259. The van der Waals surface area contributed by atoms with Crippen molar-refractivity contribution < 1.29 is 27.4 Å². The molecule has 2 aromatic carbocycles. The highest BCUT2D eigenvalue weighted by molar-refractivity contribution is 7.91. The third-order valence-corrected chi connectivity index (χ3v) is 11.9. The summed E-state index contributed by atoms with van der Waals surface area (Å²) in [5, 5.41) is 15.4. The Bertz CT molecular complexity index is 2190.